The van der Waals surface area contributed by atoms with Crippen molar-refractivity contribution in [2.45, 2.75) is 57.3 Å². The number of piperidine rings is 1. The molecule has 4 nitrogen and oxygen atoms in total. The van der Waals surface area contributed by atoms with E-state index in [9.17, 15) is 5.11 Å². The van der Waals surface area contributed by atoms with Crippen molar-refractivity contribution in [1.29, 1.82) is 0 Å². The van der Waals surface area contributed by atoms with Crippen LogP contribution < -0.4 is 5.73 Å². The normalized spacial score (nSPS) is 35.3. The maximum atomic E-state index is 9.53. The van der Waals surface area contributed by atoms with Gasteiger partial charge < -0.3 is 10.8 Å². The number of aliphatic hydroxyl groups is 1. The van der Waals surface area contributed by atoms with E-state index in [1.54, 1.807) is 0 Å². The van der Waals surface area contributed by atoms with E-state index in [-0.39, 0.29) is 18.7 Å². The highest BCUT2D eigenvalue weighted by atomic mass is 16.3. The molecule has 0 amide bonds. The lowest BCUT2D eigenvalue weighted by Gasteiger charge is -2.50. The van der Waals surface area contributed by atoms with Crippen molar-refractivity contribution >= 4 is 0 Å². The molecule has 0 spiro atoms. The maximum Gasteiger partial charge on any atom is 0.0601 e. The highest BCUT2D eigenvalue weighted by Crippen LogP contribution is 2.25. The third kappa shape index (κ3) is 2.81. The number of hydrogen-bond donors (Lipinski definition) is 2. The highest BCUT2D eigenvalue weighted by Gasteiger charge is 2.36. The largest absolute Gasteiger partial charge is 0.395 e. The van der Waals surface area contributed by atoms with Crippen LogP contribution in [0.15, 0.2) is 0 Å². The van der Waals surface area contributed by atoms with Crippen LogP contribution >= 0.6 is 0 Å². The summed E-state index contributed by atoms with van der Waals surface area (Å²) < 4.78 is 0. The number of fused-ring (bicyclic) bond motifs is 1. The van der Waals surface area contributed by atoms with Crippen LogP contribution in [-0.2, 0) is 0 Å². The van der Waals surface area contributed by atoms with E-state index in [0.29, 0.717) is 12.1 Å². The second kappa shape index (κ2) is 5.65. The number of rotatable bonds is 3. The Labute approximate surface area is 105 Å². The summed E-state index contributed by atoms with van der Waals surface area (Å²) in [5.74, 6) is 0. The van der Waals surface area contributed by atoms with Gasteiger partial charge in [-0.3, -0.25) is 9.80 Å². The van der Waals surface area contributed by atoms with E-state index < -0.39 is 0 Å². The Morgan fingerprint density at radius 2 is 2.12 bits per heavy atom. The average Bonchev–Trinajstić information content (AvgIpc) is 2.30. The van der Waals surface area contributed by atoms with Gasteiger partial charge in [0.15, 0.2) is 0 Å². The summed E-state index contributed by atoms with van der Waals surface area (Å²) in [6, 6.07) is 1.35. The second-order valence-electron chi connectivity index (χ2n) is 5.80. The van der Waals surface area contributed by atoms with E-state index in [2.05, 4.69) is 16.7 Å². The van der Waals surface area contributed by atoms with Gasteiger partial charge in [-0.15, -0.1) is 0 Å². The Bertz CT molecular complexity index is 247. The van der Waals surface area contributed by atoms with E-state index in [1.165, 1.54) is 25.8 Å². The SMILES string of the molecule is CC(N)C(CO)N1CC2CCCCN2CC1C. The van der Waals surface area contributed by atoms with Gasteiger partial charge in [-0.25, -0.2) is 0 Å². The summed E-state index contributed by atoms with van der Waals surface area (Å²) in [4.78, 5) is 5.05. The standard InChI is InChI=1S/C13H27N3O/c1-10-7-15-6-4-3-5-12(15)8-16(10)13(9-17)11(2)14/h10-13,17H,3-9,14H2,1-2H3. The number of nitrogens with two attached hydrogens (primary N) is 1. The molecule has 0 radical (unpaired) electrons. The Balaban J connectivity index is 2.03. The first-order valence-corrected chi connectivity index (χ1v) is 6.99. The molecule has 2 rings (SSSR count). The lowest BCUT2D eigenvalue weighted by molar-refractivity contribution is -0.0255. The second-order valence-corrected chi connectivity index (χ2v) is 5.80. The molecule has 2 saturated heterocycles. The molecule has 2 aliphatic heterocycles. The fraction of sp³-hybridized carbons (Fsp3) is 1.00. The molecular formula is C13H27N3O. The first-order valence-electron chi connectivity index (χ1n) is 6.99. The van der Waals surface area contributed by atoms with E-state index in [4.69, 9.17) is 5.73 Å². The Morgan fingerprint density at radius 3 is 2.76 bits per heavy atom. The van der Waals surface area contributed by atoms with Gasteiger partial charge >= 0.3 is 0 Å². The van der Waals surface area contributed by atoms with Gasteiger partial charge in [0.1, 0.15) is 0 Å². The lowest BCUT2D eigenvalue weighted by Crippen LogP contribution is -2.64. The first-order chi connectivity index (χ1) is 8.13. The van der Waals surface area contributed by atoms with Gasteiger partial charge in [0.25, 0.3) is 0 Å². The van der Waals surface area contributed by atoms with Crippen molar-refractivity contribution in [3.8, 4) is 0 Å². The first kappa shape index (κ1) is 13.3. The van der Waals surface area contributed by atoms with Crippen LogP contribution in [0.4, 0.5) is 0 Å². The third-order valence-corrected chi connectivity index (χ3v) is 4.46. The van der Waals surface area contributed by atoms with Crippen molar-refractivity contribution in [3.05, 3.63) is 0 Å². The van der Waals surface area contributed by atoms with Crippen LogP contribution in [0.5, 0.6) is 0 Å². The summed E-state index contributed by atoms with van der Waals surface area (Å²) in [6.45, 7) is 7.90. The van der Waals surface area contributed by atoms with Crippen molar-refractivity contribution in [3.63, 3.8) is 0 Å². The zero-order valence-corrected chi connectivity index (χ0v) is 11.2. The molecule has 0 saturated carbocycles. The van der Waals surface area contributed by atoms with Gasteiger partial charge in [0.05, 0.1) is 6.61 Å². The summed E-state index contributed by atoms with van der Waals surface area (Å²) >= 11 is 0. The molecule has 4 heteroatoms. The van der Waals surface area contributed by atoms with Crippen molar-refractivity contribution in [2.24, 2.45) is 5.73 Å². The third-order valence-electron chi connectivity index (χ3n) is 4.46. The summed E-state index contributed by atoms with van der Waals surface area (Å²) in [6.07, 6.45) is 4.01. The molecule has 17 heavy (non-hydrogen) atoms. The predicted molar refractivity (Wildman–Crippen MR) is 69.9 cm³/mol. The molecule has 2 heterocycles. The van der Waals surface area contributed by atoms with Crippen LogP contribution in [-0.4, -0.2) is 65.3 Å². The van der Waals surface area contributed by atoms with Gasteiger partial charge in [-0.1, -0.05) is 6.42 Å². The molecule has 0 bridgehead atoms. The van der Waals surface area contributed by atoms with Crippen molar-refractivity contribution in [1.82, 2.24) is 9.80 Å². The molecule has 4 atom stereocenters. The molecular weight excluding hydrogens is 214 g/mol. The summed E-state index contributed by atoms with van der Waals surface area (Å²) in [7, 11) is 0. The van der Waals surface area contributed by atoms with Gasteiger partial charge in [-0.05, 0) is 33.2 Å². The number of nitrogens with zero attached hydrogens (tertiary/aromatic N) is 2. The van der Waals surface area contributed by atoms with E-state index >= 15 is 0 Å². The van der Waals surface area contributed by atoms with Crippen LogP contribution in [0.25, 0.3) is 0 Å². The number of piperazine rings is 1. The minimum atomic E-state index is 0.0394. The fourth-order valence-corrected chi connectivity index (χ4v) is 3.41. The zero-order chi connectivity index (χ0) is 12.4. The number of hydrogen-bond acceptors (Lipinski definition) is 4. The topological polar surface area (TPSA) is 52.7 Å². The molecule has 0 aromatic rings. The molecule has 2 fully saturated rings. The van der Waals surface area contributed by atoms with Gasteiger partial charge in [0.2, 0.25) is 0 Å². The molecule has 3 N–H and O–H groups in total. The van der Waals surface area contributed by atoms with Crippen LogP contribution in [0, 0.1) is 0 Å². The molecule has 0 aromatic carbocycles. The average molecular weight is 241 g/mol. The van der Waals surface area contributed by atoms with Gasteiger partial charge in [-0.2, -0.15) is 0 Å². The summed E-state index contributed by atoms with van der Waals surface area (Å²) in [5, 5.41) is 9.53. The van der Waals surface area contributed by atoms with Crippen LogP contribution in [0.2, 0.25) is 0 Å². The fourth-order valence-electron chi connectivity index (χ4n) is 3.41. The lowest BCUT2D eigenvalue weighted by atomic mass is 9.95. The van der Waals surface area contributed by atoms with Gasteiger partial charge in [0, 0.05) is 37.3 Å². The smallest absolute Gasteiger partial charge is 0.0601 e. The maximum absolute atomic E-state index is 9.53. The molecule has 0 aromatic heterocycles. The van der Waals surface area contributed by atoms with E-state index in [0.717, 1.165) is 13.1 Å². The minimum absolute atomic E-state index is 0.0394. The Hall–Kier alpha value is -0.160. The number of aliphatic hydroxyl groups excluding tert-OH is 1. The Morgan fingerprint density at radius 1 is 1.35 bits per heavy atom. The van der Waals surface area contributed by atoms with Crippen LogP contribution in [0.3, 0.4) is 0 Å². The molecule has 0 aliphatic carbocycles. The monoisotopic (exact) mass is 241 g/mol. The minimum Gasteiger partial charge on any atom is -0.395 e. The molecule has 4 unspecified atom stereocenters. The summed E-state index contributed by atoms with van der Waals surface area (Å²) in [5.41, 5.74) is 5.99. The predicted octanol–water partition coefficient (Wildman–Crippen LogP) is 0.253. The zero-order valence-electron chi connectivity index (χ0n) is 11.2. The van der Waals surface area contributed by atoms with Crippen molar-refractivity contribution in [2.75, 3.05) is 26.2 Å². The Kier molecular flexibility index (Phi) is 4.42. The highest BCUT2D eigenvalue weighted by molar-refractivity contribution is 4.93. The molecule has 100 valence electrons. The van der Waals surface area contributed by atoms with Crippen molar-refractivity contribution < 1.29 is 5.11 Å². The van der Waals surface area contributed by atoms with E-state index in [1.807, 2.05) is 6.92 Å². The van der Waals surface area contributed by atoms with Crippen LogP contribution in [0.1, 0.15) is 33.1 Å². The molecule has 2 aliphatic rings. The quantitative estimate of drug-likeness (QED) is 0.744.